The summed E-state index contributed by atoms with van der Waals surface area (Å²) in [5.74, 6) is 0.594. The van der Waals surface area contributed by atoms with E-state index < -0.39 is 0 Å². The molecule has 0 amide bonds. The Morgan fingerprint density at radius 1 is 1.24 bits per heavy atom. The molecule has 0 bridgehead atoms. The van der Waals surface area contributed by atoms with Gasteiger partial charge in [0.2, 0.25) is 0 Å². The predicted molar refractivity (Wildman–Crippen MR) is 69.1 cm³/mol. The standard InChI is InChI=1S/C14H28O3/c1-4-14(5-2,17-6-3)13(15)11-12-7-9-16-10-8-12/h12-13,15H,4-11H2,1-3H3. The van der Waals surface area contributed by atoms with Crippen LogP contribution in [0.1, 0.15) is 52.9 Å². The molecular weight excluding hydrogens is 216 g/mol. The Morgan fingerprint density at radius 2 is 1.82 bits per heavy atom. The maximum absolute atomic E-state index is 10.5. The fourth-order valence-corrected chi connectivity index (χ4v) is 2.82. The van der Waals surface area contributed by atoms with Crippen LogP contribution in [-0.4, -0.2) is 36.6 Å². The highest BCUT2D eigenvalue weighted by molar-refractivity contribution is 4.88. The largest absolute Gasteiger partial charge is 0.390 e. The lowest BCUT2D eigenvalue weighted by molar-refractivity contribution is -0.134. The molecule has 1 atom stereocenters. The van der Waals surface area contributed by atoms with Crippen LogP contribution in [0.4, 0.5) is 0 Å². The second kappa shape index (κ2) is 7.34. The molecule has 1 saturated heterocycles. The van der Waals surface area contributed by atoms with Gasteiger partial charge in [-0.2, -0.15) is 0 Å². The molecular formula is C14H28O3. The summed E-state index contributed by atoms with van der Waals surface area (Å²) in [5.41, 5.74) is -0.340. The average Bonchev–Trinajstić information content (AvgIpc) is 2.37. The molecule has 17 heavy (non-hydrogen) atoms. The SMILES string of the molecule is CCOC(CC)(CC)C(O)CC1CCOCC1. The van der Waals surface area contributed by atoms with E-state index >= 15 is 0 Å². The fraction of sp³-hybridized carbons (Fsp3) is 1.00. The van der Waals surface area contributed by atoms with Gasteiger partial charge >= 0.3 is 0 Å². The van der Waals surface area contributed by atoms with Crippen LogP contribution in [0, 0.1) is 5.92 Å². The van der Waals surface area contributed by atoms with Crippen molar-refractivity contribution < 1.29 is 14.6 Å². The molecule has 1 heterocycles. The Morgan fingerprint density at radius 3 is 2.29 bits per heavy atom. The van der Waals surface area contributed by atoms with Crippen LogP contribution in [0.3, 0.4) is 0 Å². The Kier molecular flexibility index (Phi) is 6.45. The highest BCUT2D eigenvalue weighted by Gasteiger charge is 2.36. The van der Waals surface area contributed by atoms with Gasteiger partial charge in [0.1, 0.15) is 0 Å². The molecule has 0 aliphatic carbocycles. The highest BCUT2D eigenvalue weighted by atomic mass is 16.5. The molecule has 1 unspecified atom stereocenters. The summed E-state index contributed by atoms with van der Waals surface area (Å²) in [6.45, 7) is 8.57. The van der Waals surface area contributed by atoms with Crippen LogP contribution in [0.25, 0.3) is 0 Å². The zero-order chi connectivity index (χ0) is 12.7. The molecule has 0 aromatic rings. The lowest BCUT2D eigenvalue weighted by Crippen LogP contribution is -2.45. The smallest absolute Gasteiger partial charge is 0.0934 e. The first-order valence-electron chi connectivity index (χ1n) is 7.08. The zero-order valence-electron chi connectivity index (χ0n) is 11.6. The Bertz CT molecular complexity index is 196. The lowest BCUT2D eigenvalue weighted by atomic mass is 9.82. The fourth-order valence-electron chi connectivity index (χ4n) is 2.82. The van der Waals surface area contributed by atoms with Gasteiger partial charge in [-0.3, -0.25) is 0 Å². The third-order valence-electron chi connectivity index (χ3n) is 4.13. The van der Waals surface area contributed by atoms with E-state index in [4.69, 9.17) is 9.47 Å². The van der Waals surface area contributed by atoms with Gasteiger partial charge in [-0.1, -0.05) is 13.8 Å². The topological polar surface area (TPSA) is 38.7 Å². The molecule has 0 radical (unpaired) electrons. The van der Waals surface area contributed by atoms with Gasteiger partial charge in [0.05, 0.1) is 11.7 Å². The van der Waals surface area contributed by atoms with Gasteiger partial charge in [-0.25, -0.2) is 0 Å². The number of rotatable bonds is 7. The molecule has 1 aliphatic rings. The molecule has 0 spiro atoms. The molecule has 0 aromatic carbocycles. The first kappa shape index (κ1) is 14.9. The molecule has 0 saturated carbocycles. The summed E-state index contributed by atoms with van der Waals surface area (Å²) in [4.78, 5) is 0. The summed E-state index contributed by atoms with van der Waals surface area (Å²) in [6.07, 6.45) is 4.41. The van der Waals surface area contributed by atoms with Crippen LogP contribution < -0.4 is 0 Å². The van der Waals surface area contributed by atoms with E-state index in [0.29, 0.717) is 12.5 Å². The highest BCUT2D eigenvalue weighted by Crippen LogP contribution is 2.31. The third-order valence-corrected chi connectivity index (χ3v) is 4.13. The van der Waals surface area contributed by atoms with Crippen LogP contribution in [0.15, 0.2) is 0 Å². The van der Waals surface area contributed by atoms with E-state index in [1.54, 1.807) is 0 Å². The van der Waals surface area contributed by atoms with Crippen molar-refractivity contribution in [1.29, 1.82) is 0 Å². The van der Waals surface area contributed by atoms with Crippen LogP contribution >= 0.6 is 0 Å². The number of aliphatic hydroxyl groups is 1. The quantitative estimate of drug-likeness (QED) is 0.748. The number of hydrogen-bond donors (Lipinski definition) is 1. The van der Waals surface area contributed by atoms with Crippen LogP contribution in [0.5, 0.6) is 0 Å². The summed E-state index contributed by atoms with van der Waals surface area (Å²) >= 11 is 0. The van der Waals surface area contributed by atoms with E-state index in [0.717, 1.165) is 45.3 Å². The van der Waals surface area contributed by atoms with E-state index in [1.165, 1.54) is 0 Å². The maximum atomic E-state index is 10.5. The van der Waals surface area contributed by atoms with Crippen LogP contribution in [-0.2, 0) is 9.47 Å². The molecule has 0 aromatic heterocycles. The summed E-state index contributed by atoms with van der Waals surface area (Å²) in [5, 5.41) is 10.5. The molecule has 102 valence electrons. The minimum Gasteiger partial charge on any atom is -0.390 e. The maximum Gasteiger partial charge on any atom is 0.0934 e. The third kappa shape index (κ3) is 3.94. The Labute approximate surface area is 105 Å². The molecule has 3 heteroatoms. The minimum absolute atomic E-state index is 0.340. The minimum atomic E-state index is -0.347. The Hall–Kier alpha value is -0.120. The van der Waals surface area contributed by atoms with E-state index in [2.05, 4.69) is 13.8 Å². The van der Waals surface area contributed by atoms with Gasteiger partial charge in [0.15, 0.2) is 0 Å². The summed E-state index contributed by atoms with van der Waals surface area (Å²) in [7, 11) is 0. The summed E-state index contributed by atoms with van der Waals surface area (Å²) in [6, 6.07) is 0. The average molecular weight is 244 g/mol. The second-order valence-electron chi connectivity index (χ2n) is 5.01. The zero-order valence-corrected chi connectivity index (χ0v) is 11.6. The number of ether oxygens (including phenoxy) is 2. The van der Waals surface area contributed by atoms with Gasteiger partial charge < -0.3 is 14.6 Å². The Balaban J connectivity index is 2.53. The van der Waals surface area contributed by atoms with Crippen molar-refractivity contribution in [3.63, 3.8) is 0 Å². The molecule has 1 rings (SSSR count). The van der Waals surface area contributed by atoms with E-state index in [1.807, 2.05) is 6.92 Å². The van der Waals surface area contributed by atoms with Crippen molar-refractivity contribution in [2.24, 2.45) is 5.92 Å². The van der Waals surface area contributed by atoms with E-state index in [-0.39, 0.29) is 11.7 Å². The van der Waals surface area contributed by atoms with Crippen molar-refractivity contribution >= 4 is 0 Å². The van der Waals surface area contributed by atoms with Crippen molar-refractivity contribution in [2.75, 3.05) is 19.8 Å². The number of hydrogen-bond acceptors (Lipinski definition) is 3. The normalized spacial score (nSPS) is 20.5. The van der Waals surface area contributed by atoms with Crippen molar-refractivity contribution in [3.8, 4) is 0 Å². The molecule has 3 nitrogen and oxygen atoms in total. The van der Waals surface area contributed by atoms with Crippen LogP contribution in [0.2, 0.25) is 0 Å². The lowest BCUT2D eigenvalue weighted by Gasteiger charge is -2.38. The first-order chi connectivity index (χ1) is 8.18. The van der Waals surface area contributed by atoms with E-state index in [9.17, 15) is 5.11 Å². The van der Waals surface area contributed by atoms with Crippen molar-refractivity contribution in [3.05, 3.63) is 0 Å². The molecule has 1 aliphatic heterocycles. The van der Waals surface area contributed by atoms with Gasteiger partial charge in [0, 0.05) is 19.8 Å². The van der Waals surface area contributed by atoms with Gasteiger partial charge in [0.25, 0.3) is 0 Å². The second-order valence-corrected chi connectivity index (χ2v) is 5.01. The van der Waals surface area contributed by atoms with Crippen molar-refractivity contribution in [2.45, 2.75) is 64.6 Å². The van der Waals surface area contributed by atoms with Gasteiger partial charge in [-0.05, 0) is 44.9 Å². The molecule has 1 N–H and O–H groups in total. The summed E-state index contributed by atoms with van der Waals surface area (Å²) < 4.78 is 11.2. The van der Waals surface area contributed by atoms with Crippen molar-refractivity contribution in [1.82, 2.24) is 0 Å². The number of aliphatic hydroxyl groups excluding tert-OH is 1. The first-order valence-corrected chi connectivity index (χ1v) is 7.08. The molecule has 1 fully saturated rings. The predicted octanol–water partition coefficient (Wildman–Crippen LogP) is 2.76. The monoisotopic (exact) mass is 244 g/mol. The van der Waals surface area contributed by atoms with Gasteiger partial charge in [-0.15, -0.1) is 0 Å².